The molecule has 1 heterocycles. The van der Waals surface area contributed by atoms with E-state index in [-0.39, 0.29) is 30.2 Å². The number of carbonyl (C=O) groups is 3. The van der Waals surface area contributed by atoms with Crippen LogP contribution < -0.4 is 10.6 Å². The second-order valence-corrected chi connectivity index (χ2v) is 7.91. The van der Waals surface area contributed by atoms with Crippen LogP contribution in [0.25, 0.3) is 6.08 Å². The highest BCUT2D eigenvalue weighted by atomic mass is 19.1. The molecule has 1 aliphatic heterocycles. The highest BCUT2D eigenvalue weighted by Crippen LogP contribution is 2.12. The van der Waals surface area contributed by atoms with Gasteiger partial charge < -0.3 is 20.3 Å². The van der Waals surface area contributed by atoms with Gasteiger partial charge in [-0.25, -0.2) is 9.18 Å². The van der Waals surface area contributed by atoms with Crippen LogP contribution in [0, 0.1) is 5.82 Å². The van der Waals surface area contributed by atoms with Gasteiger partial charge in [0.1, 0.15) is 18.0 Å². The third kappa shape index (κ3) is 8.33. The Morgan fingerprint density at radius 2 is 1.93 bits per heavy atom. The van der Waals surface area contributed by atoms with E-state index in [4.69, 9.17) is 4.74 Å². The Balaban J connectivity index is 1.71. The summed E-state index contributed by atoms with van der Waals surface area (Å²) in [6.07, 6.45) is 3.62. The van der Waals surface area contributed by atoms with Gasteiger partial charge in [0.15, 0.2) is 0 Å². The minimum Gasteiger partial charge on any atom is -0.444 e. The summed E-state index contributed by atoms with van der Waals surface area (Å²) in [6, 6.07) is 5.96. The van der Waals surface area contributed by atoms with E-state index in [1.807, 2.05) is 0 Å². The van der Waals surface area contributed by atoms with Crippen molar-refractivity contribution in [2.45, 2.75) is 45.3 Å². The summed E-state index contributed by atoms with van der Waals surface area (Å²) in [7, 11) is 0. The number of likely N-dealkylation sites (tertiary alicyclic amines) is 1. The van der Waals surface area contributed by atoms with Crippen LogP contribution in [0.2, 0.25) is 0 Å². The maximum absolute atomic E-state index is 13.2. The van der Waals surface area contributed by atoms with Crippen LogP contribution in [0.5, 0.6) is 0 Å². The second kappa shape index (κ2) is 10.0. The number of carbonyl (C=O) groups excluding carboxylic acids is 3. The predicted molar refractivity (Wildman–Crippen MR) is 107 cm³/mol. The fourth-order valence-electron chi connectivity index (χ4n) is 2.87. The molecular formula is C21H28FN3O4. The minimum absolute atomic E-state index is 0.0563. The van der Waals surface area contributed by atoms with Crippen molar-refractivity contribution in [1.82, 2.24) is 15.5 Å². The van der Waals surface area contributed by atoms with Gasteiger partial charge in [-0.2, -0.15) is 0 Å². The highest BCUT2D eigenvalue weighted by molar-refractivity contribution is 5.91. The molecule has 3 amide bonds. The van der Waals surface area contributed by atoms with Gasteiger partial charge >= 0.3 is 6.09 Å². The minimum atomic E-state index is -0.641. The van der Waals surface area contributed by atoms with E-state index in [9.17, 15) is 18.8 Å². The first-order chi connectivity index (χ1) is 13.6. The summed E-state index contributed by atoms with van der Waals surface area (Å²) in [5.41, 5.74) is 0.00116. The van der Waals surface area contributed by atoms with Crippen molar-refractivity contribution < 1.29 is 23.5 Å². The quantitative estimate of drug-likeness (QED) is 0.737. The number of hydrogen-bond donors (Lipinski definition) is 2. The van der Waals surface area contributed by atoms with Gasteiger partial charge in [-0.3, -0.25) is 9.59 Å². The zero-order chi connectivity index (χ0) is 21.4. The summed E-state index contributed by atoms with van der Waals surface area (Å²) in [5.74, 6) is -0.797. The van der Waals surface area contributed by atoms with Crippen molar-refractivity contribution >= 4 is 24.0 Å². The van der Waals surface area contributed by atoms with Crippen LogP contribution in [-0.2, 0) is 14.3 Å². The first-order valence-corrected chi connectivity index (χ1v) is 9.61. The van der Waals surface area contributed by atoms with Gasteiger partial charge in [-0.1, -0.05) is 12.1 Å². The van der Waals surface area contributed by atoms with Gasteiger partial charge in [-0.05, 0) is 57.4 Å². The predicted octanol–water partition coefficient (Wildman–Crippen LogP) is 2.47. The summed E-state index contributed by atoms with van der Waals surface area (Å²) in [4.78, 5) is 37.5. The Hall–Kier alpha value is -2.90. The topological polar surface area (TPSA) is 87.7 Å². The molecule has 2 rings (SSSR count). The molecule has 29 heavy (non-hydrogen) atoms. The van der Waals surface area contributed by atoms with E-state index in [2.05, 4.69) is 10.6 Å². The monoisotopic (exact) mass is 405 g/mol. The Morgan fingerprint density at radius 3 is 2.55 bits per heavy atom. The number of ether oxygens (including phenoxy) is 1. The molecule has 0 radical (unpaired) electrons. The zero-order valence-electron chi connectivity index (χ0n) is 17.0. The van der Waals surface area contributed by atoms with Gasteiger partial charge in [0, 0.05) is 25.2 Å². The lowest BCUT2D eigenvalue weighted by molar-refractivity contribution is -0.127. The largest absolute Gasteiger partial charge is 0.444 e. The molecule has 1 aromatic rings. The number of rotatable bonds is 5. The molecule has 0 spiro atoms. The molecule has 2 N–H and O–H groups in total. The van der Waals surface area contributed by atoms with Gasteiger partial charge in [-0.15, -0.1) is 0 Å². The number of nitrogens with zero attached hydrogens (tertiary/aromatic N) is 1. The molecule has 1 fully saturated rings. The molecule has 158 valence electrons. The molecule has 0 bridgehead atoms. The first-order valence-electron chi connectivity index (χ1n) is 9.61. The standard InChI is InChI=1S/C21H28FN3O4/c1-21(2,3)29-20(28)23-14-18(26)24-17-9-11-25(12-10-17)19(27)8-7-15-5-4-6-16(22)13-15/h4-8,13,17H,9-12,14H2,1-3H3,(H,23,28)(H,24,26)/b8-7+. The van der Waals surface area contributed by atoms with Crippen LogP contribution >= 0.6 is 0 Å². The molecule has 0 atom stereocenters. The normalized spacial score (nSPS) is 15.2. The number of hydrogen-bond acceptors (Lipinski definition) is 4. The molecule has 7 nitrogen and oxygen atoms in total. The number of piperidine rings is 1. The van der Waals surface area contributed by atoms with E-state index in [0.717, 1.165) is 0 Å². The van der Waals surface area contributed by atoms with Crippen molar-refractivity contribution in [1.29, 1.82) is 0 Å². The maximum Gasteiger partial charge on any atom is 0.408 e. The van der Waals surface area contributed by atoms with E-state index in [1.165, 1.54) is 18.2 Å². The molecule has 0 aliphatic carbocycles. The summed E-state index contributed by atoms with van der Waals surface area (Å²) >= 11 is 0. The van der Waals surface area contributed by atoms with Gasteiger partial charge in [0.05, 0.1) is 0 Å². The Morgan fingerprint density at radius 1 is 1.24 bits per heavy atom. The van der Waals surface area contributed by atoms with Crippen LogP contribution in [-0.4, -0.2) is 54.1 Å². The Kier molecular flexibility index (Phi) is 7.75. The fourth-order valence-corrected chi connectivity index (χ4v) is 2.87. The van der Waals surface area contributed by atoms with Crippen molar-refractivity contribution in [3.05, 3.63) is 41.7 Å². The molecule has 8 heteroatoms. The molecule has 0 aromatic heterocycles. The molecule has 1 aromatic carbocycles. The smallest absolute Gasteiger partial charge is 0.408 e. The maximum atomic E-state index is 13.2. The van der Waals surface area contributed by atoms with Crippen LogP contribution in [0.15, 0.2) is 30.3 Å². The zero-order valence-corrected chi connectivity index (χ0v) is 17.0. The van der Waals surface area contributed by atoms with Crippen LogP contribution in [0.1, 0.15) is 39.2 Å². The number of benzene rings is 1. The summed E-state index contributed by atoms with van der Waals surface area (Å²) in [6.45, 7) is 6.09. The highest BCUT2D eigenvalue weighted by Gasteiger charge is 2.23. The van der Waals surface area contributed by atoms with Crippen LogP contribution in [0.3, 0.4) is 0 Å². The molecule has 0 unspecified atom stereocenters. The second-order valence-electron chi connectivity index (χ2n) is 7.91. The lowest BCUT2D eigenvalue weighted by Gasteiger charge is -2.31. The van der Waals surface area contributed by atoms with Crippen LogP contribution in [0.4, 0.5) is 9.18 Å². The van der Waals surface area contributed by atoms with Gasteiger partial charge in [0.2, 0.25) is 11.8 Å². The molecule has 1 aliphatic rings. The first kappa shape index (κ1) is 22.4. The fraction of sp³-hybridized carbons (Fsp3) is 0.476. The number of alkyl carbamates (subject to hydrolysis) is 1. The van der Waals surface area contributed by atoms with Gasteiger partial charge in [0.25, 0.3) is 0 Å². The Bertz CT molecular complexity index is 765. The molecular weight excluding hydrogens is 377 g/mol. The average Bonchev–Trinajstić information content (AvgIpc) is 2.64. The molecule has 1 saturated heterocycles. The van der Waals surface area contributed by atoms with E-state index in [1.54, 1.807) is 43.9 Å². The number of amides is 3. The van der Waals surface area contributed by atoms with E-state index >= 15 is 0 Å². The number of nitrogens with one attached hydrogen (secondary N) is 2. The lowest BCUT2D eigenvalue weighted by Crippen LogP contribution is -2.48. The van der Waals surface area contributed by atoms with Crippen molar-refractivity contribution in [2.75, 3.05) is 19.6 Å². The summed E-state index contributed by atoms with van der Waals surface area (Å²) < 4.78 is 18.2. The van der Waals surface area contributed by atoms with Crippen molar-refractivity contribution in [2.24, 2.45) is 0 Å². The SMILES string of the molecule is CC(C)(C)OC(=O)NCC(=O)NC1CCN(C(=O)/C=C/c2cccc(F)c2)CC1. The average molecular weight is 405 g/mol. The lowest BCUT2D eigenvalue weighted by atomic mass is 10.0. The van der Waals surface area contributed by atoms with E-state index < -0.39 is 11.7 Å². The molecule has 0 saturated carbocycles. The van der Waals surface area contributed by atoms with Crippen molar-refractivity contribution in [3.8, 4) is 0 Å². The summed E-state index contributed by atoms with van der Waals surface area (Å²) in [5, 5.41) is 5.27. The van der Waals surface area contributed by atoms with E-state index in [0.29, 0.717) is 31.5 Å². The third-order valence-electron chi connectivity index (χ3n) is 4.23. The van der Waals surface area contributed by atoms with Crippen molar-refractivity contribution in [3.63, 3.8) is 0 Å². The Labute approximate surface area is 170 Å². The third-order valence-corrected chi connectivity index (χ3v) is 4.23. The number of halogens is 1.